The molecular weight excluding hydrogens is 775 g/mol. The quantitative estimate of drug-likeness (QED) is 0.0927. The maximum Gasteiger partial charge on any atom is 0.330 e. The van der Waals surface area contributed by atoms with Crippen molar-refractivity contribution >= 4 is 105 Å². The molecular formula is C61H42N3+. The third kappa shape index (κ3) is 5.98. The van der Waals surface area contributed by atoms with Gasteiger partial charge < -0.3 is 0 Å². The standard InChI is InChI=1S/C61H42N3/c1-7-31-49-43(19-1)25-13-37-55(49)62-61(63(56-38-14-26-44-20-2-8-32-50(44)56)57-39-15-27-45-21-3-9-33-51(45)57)64(58-40-16-28-46-22-4-10-34-52(46)58,59-41-17-29-47-23-5-11-35-53(47)59)60-42-18-30-48-24-6-12-36-54(48)60/h1-42H/q+1. The van der Waals surface area contributed by atoms with E-state index in [4.69, 9.17) is 4.99 Å². The highest BCUT2D eigenvalue weighted by atomic mass is 15.5. The first-order valence-corrected chi connectivity index (χ1v) is 21.9. The molecule has 0 unspecified atom stereocenters. The number of guanidine groups is 1. The molecule has 0 bridgehead atoms. The van der Waals surface area contributed by atoms with Gasteiger partial charge in [-0.2, -0.15) is 9.48 Å². The highest BCUT2D eigenvalue weighted by Gasteiger charge is 2.50. The summed E-state index contributed by atoms with van der Waals surface area (Å²) >= 11 is 0. The number of anilines is 2. The lowest BCUT2D eigenvalue weighted by Crippen LogP contribution is -2.53. The molecule has 0 aliphatic heterocycles. The number of rotatable bonds is 6. The van der Waals surface area contributed by atoms with E-state index in [0.717, 1.165) is 105 Å². The summed E-state index contributed by atoms with van der Waals surface area (Å²) in [5.41, 5.74) is 6.16. The molecule has 0 aliphatic carbocycles. The van der Waals surface area contributed by atoms with E-state index in [2.05, 4.69) is 260 Å². The van der Waals surface area contributed by atoms with Crippen molar-refractivity contribution in [1.29, 1.82) is 0 Å². The molecule has 12 aromatic carbocycles. The number of hydrogen-bond donors (Lipinski definition) is 0. The molecule has 0 N–H and O–H groups in total. The maximum absolute atomic E-state index is 6.29. The molecule has 0 aliphatic rings. The second-order valence-corrected chi connectivity index (χ2v) is 16.4. The summed E-state index contributed by atoms with van der Waals surface area (Å²) in [5, 5.41) is 13.6. The molecule has 0 heterocycles. The Hall–Kier alpha value is -8.37. The van der Waals surface area contributed by atoms with E-state index in [1.165, 1.54) is 0 Å². The van der Waals surface area contributed by atoms with Crippen LogP contribution < -0.4 is 9.38 Å². The minimum absolute atomic E-state index is 0.125. The van der Waals surface area contributed by atoms with Gasteiger partial charge in [-0.3, -0.25) is 0 Å². The molecule has 0 saturated heterocycles. The Morgan fingerprint density at radius 3 is 0.953 bits per heavy atom. The highest BCUT2D eigenvalue weighted by Crippen LogP contribution is 2.55. The molecule has 0 aromatic heterocycles. The van der Waals surface area contributed by atoms with Crippen LogP contribution in [0.25, 0.3) is 64.6 Å². The Balaban J connectivity index is 1.40. The van der Waals surface area contributed by atoms with Crippen LogP contribution in [0.15, 0.2) is 260 Å². The fourth-order valence-corrected chi connectivity index (χ4v) is 10.1. The summed E-state index contributed by atoms with van der Waals surface area (Å²) < 4.78 is 0.125. The minimum Gasteiger partial charge on any atom is -0.247 e. The van der Waals surface area contributed by atoms with Gasteiger partial charge in [0, 0.05) is 50.5 Å². The van der Waals surface area contributed by atoms with E-state index in [1.54, 1.807) is 0 Å². The molecule has 0 amide bonds. The first kappa shape index (κ1) is 37.4. The van der Waals surface area contributed by atoms with Crippen LogP contribution in [0.5, 0.6) is 0 Å². The van der Waals surface area contributed by atoms with Gasteiger partial charge in [0.1, 0.15) is 0 Å². The van der Waals surface area contributed by atoms with Gasteiger partial charge in [0.15, 0.2) is 17.1 Å². The monoisotopic (exact) mass is 816 g/mol. The van der Waals surface area contributed by atoms with Crippen molar-refractivity contribution in [3.8, 4) is 0 Å². The van der Waals surface area contributed by atoms with Crippen LogP contribution >= 0.6 is 0 Å². The second-order valence-electron chi connectivity index (χ2n) is 16.4. The van der Waals surface area contributed by atoms with Crippen LogP contribution in [-0.4, -0.2) is 5.96 Å². The van der Waals surface area contributed by atoms with E-state index in [9.17, 15) is 0 Å². The molecule has 12 aromatic rings. The lowest BCUT2D eigenvalue weighted by Gasteiger charge is -2.43. The van der Waals surface area contributed by atoms with Gasteiger partial charge in [0.2, 0.25) is 0 Å². The van der Waals surface area contributed by atoms with Crippen LogP contribution in [0.2, 0.25) is 0 Å². The Morgan fingerprint density at radius 1 is 0.266 bits per heavy atom. The Morgan fingerprint density at radius 2 is 0.547 bits per heavy atom. The zero-order chi connectivity index (χ0) is 42.5. The number of hydrogen-bond acceptors (Lipinski definition) is 1. The minimum atomic E-state index is 0.125. The van der Waals surface area contributed by atoms with E-state index >= 15 is 0 Å². The normalized spacial score (nSPS) is 12.2. The highest BCUT2D eigenvalue weighted by molar-refractivity contribution is 6.27. The SMILES string of the molecule is c1ccc2c(N=C(N(c3cccc4ccccc34)c3cccc4ccccc34)[N+](c3cccc4ccccc34)(c3cccc4ccccc34)c3cccc4ccccc34)cccc2c1. The molecule has 12 rings (SSSR count). The number of nitrogens with zero attached hydrogens (tertiary/aromatic N) is 3. The predicted molar refractivity (Wildman–Crippen MR) is 274 cm³/mol. The largest absolute Gasteiger partial charge is 0.330 e. The van der Waals surface area contributed by atoms with Gasteiger partial charge in [-0.15, -0.1) is 0 Å². The lowest BCUT2D eigenvalue weighted by molar-refractivity contribution is 0.750. The predicted octanol–water partition coefficient (Wildman–Crippen LogP) is 17.1. The van der Waals surface area contributed by atoms with Crippen molar-refractivity contribution in [2.75, 3.05) is 4.90 Å². The number of benzene rings is 12. The molecule has 0 atom stereocenters. The summed E-state index contributed by atoms with van der Waals surface area (Å²) in [4.78, 5) is 8.77. The molecule has 3 heteroatoms. The average molecular weight is 817 g/mol. The number of fused-ring (bicyclic) bond motifs is 6. The molecule has 300 valence electrons. The van der Waals surface area contributed by atoms with Gasteiger partial charge in [-0.05, 0) is 68.7 Å². The van der Waals surface area contributed by atoms with E-state index in [0.29, 0.717) is 0 Å². The Bertz CT molecular complexity index is 3470. The lowest BCUT2D eigenvalue weighted by atomic mass is 9.97. The van der Waals surface area contributed by atoms with Crippen LogP contribution in [0.1, 0.15) is 0 Å². The Kier molecular flexibility index (Phi) is 9.07. The van der Waals surface area contributed by atoms with Gasteiger partial charge in [0.05, 0.1) is 17.1 Å². The topological polar surface area (TPSA) is 15.6 Å². The Labute approximate surface area is 372 Å². The van der Waals surface area contributed by atoms with Crippen molar-refractivity contribution < 1.29 is 0 Å². The molecule has 3 nitrogen and oxygen atoms in total. The smallest absolute Gasteiger partial charge is 0.247 e. The first-order chi connectivity index (χ1) is 31.8. The zero-order valence-corrected chi connectivity index (χ0v) is 35.1. The molecule has 0 fully saturated rings. The second kappa shape index (κ2) is 15.5. The summed E-state index contributed by atoms with van der Waals surface area (Å²) in [7, 11) is 0. The summed E-state index contributed by atoms with van der Waals surface area (Å²) in [6, 6.07) is 92.7. The van der Waals surface area contributed by atoms with Crippen LogP contribution in [0.3, 0.4) is 0 Å². The third-order valence-electron chi connectivity index (χ3n) is 12.9. The van der Waals surface area contributed by atoms with E-state index in [-0.39, 0.29) is 4.48 Å². The van der Waals surface area contributed by atoms with Crippen molar-refractivity contribution in [2.45, 2.75) is 0 Å². The maximum atomic E-state index is 6.29. The summed E-state index contributed by atoms with van der Waals surface area (Å²) in [6.07, 6.45) is 0. The van der Waals surface area contributed by atoms with Crippen molar-refractivity contribution in [3.05, 3.63) is 255 Å². The molecule has 0 spiro atoms. The summed E-state index contributed by atoms with van der Waals surface area (Å²) in [5.74, 6) is 0.799. The van der Waals surface area contributed by atoms with Crippen LogP contribution in [0.4, 0.5) is 34.1 Å². The molecule has 64 heavy (non-hydrogen) atoms. The fourth-order valence-electron chi connectivity index (χ4n) is 10.1. The third-order valence-corrected chi connectivity index (χ3v) is 12.9. The van der Waals surface area contributed by atoms with Crippen molar-refractivity contribution in [2.24, 2.45) is 4.99 Å². The van der Waals surface area contributed by atoms with Crippen LogP contribution in [-0.2, 0) is 0 Å². The number of quaternary nitrogens is 1. The number of aliphatic imine (C=N–C) groups is 1. The van der Waals surface area contributed by atoms with Crippen molar-refractivity contribution in [1.82, 2.24) is 4.48 Å². The van der Waals surface area contributed by atoms with Crippen molar-refractivity contribution in [3.63, 3.8) is 0 Å². The molecule has 0 saturated carbocycles. The zero-order valence-electron chi connectivity index (χ0n) is 35.1. The van der Waals surface area contributed by atoms with Crippen LogP contribution in [0, 0.1) is 0 Å². The summed E-state index contributed by atoms with van der Waals surface area (Å²) in [6.45, 7) is 0. The first-order valence-electron chi connectivity index (χ1n) is 21.9. The fraction of sp³-hybridized carbons (Fsp3) is 0. The van der Waals surface area contributed by atoms with Gasteiger partial charge in [-0.1, -0.05) is 200 Å². The van der Waals surface area contributed by atoms with E-state index in [1.807, 2.05) is 0 Å². The van der Waals surface area contributed by atoms with Gasteiger partial charge in [0.25, 0.3) is 0 Å². The van der Waals surface area contributed by atoms with Gasteiger partial charge >= 0.3 is 5.96 Å². The molecule has 0 radical (unpaired) electrons. The van der Waals surface area contributed by atoms with Gasteiger partial charge in [-0.25, -0.2) is 4.90 Å². The van der Waals surface area contributed by atoms with E-state index < -0.39 is 0 Å². The average Bonchev–Trinajstić information content (AvgIpc) is 3.37.